The summed E-state index contributed by atoms with van der Waals surface area (Å²) in [6.07, 6.45) is 10.1. The number of likely N-dealkylation sites (tertiary alicyclic amines) is 2. The third kappa shape index (κ3) is 19.0. The van der Waals surface area contributed by atoms with Gasteiger partial charge in [0.1, 0.15) is 17.0 Å². The Morgan fingerprint density at radius 3 is 2.12 bits per heavy atom. The number of anilines is 2. The van der Waals surface area contributed by atoms with Crippen molar-refractivity contribution in [3.8, 4) is 10.4 Å². The average molecular weight is 1540 g/mol. The first-order valence-corrected chi connectivity index (χ1v) is 42.1. The molecule has 576 valence electrons. The number of nitrogens with one attached hydrogen (secondary N) is 4. The number of β-amino-alcohol motifs (C(OH)–C–C–N with tert-alkyl or cyclic N) is 1. The molecule has 0 spiro atoms. The summed E-state index contributed by atoms with van der Waals surface area (Å²) in [5.74, 6) is -2.01. The zero-order valence-electron chi connectivity index (χ0n) is 62.5. The number of hydrogen-bond donors (Lipinski definition) is 5. The Morgan fingerprint density at radius 1 is 0.821 bits per heavy atom. The number of aryl methyl sites for hydroxylation is 1. The van der Waals surface area contributed by atoms with E-state index in [9.17, 15) is 59.1 Å². The van der Waals surface area contributed by atoms with Crippen LogP contribution in [0.25, 0.3) is 10.4 Å². The number of allylic oxidation sites excluding steroid dienone is 1. The Balaban J connectivity index is 0.637. The molecule has 5 amide bonds. The van der Waals surface area contributed by atoms with Crippen molar-refractivity contribution in [1.82, 2.24) is 39.9 Å². The summed E-state index contributed by atoms with van der Waals surface area (Å²) in [7, 11) is -9.32. The van der Waals surface area contributed by atoms with E-state index in [2.05, 4.69) is 56.4 Å². The van der Waals surface area contributed by atoms with E-state index >= 15 is 0 Å². The number of hydrogen-bond acceptors (Lipinski definition) is 17. The molecule has 7 aliphatic rings. The Bertz CT molecular complexity index is 4230. The van der Waals surface area contributed by atoms with E-state index < -0.39 is 94.3 Å². The van der Waals surface area contributed by atoms with Crippen molar-refractivity contribution in [3.63, 3.8) is 0 Å². The van der Waals surface area contributed by atoms with Crippen molar-refractivity contribution >= 4 is 83.9 Å². The van der Waals surface area contributed by atoms with E-state index in [1.165, 1.54) is 60.9 Å². The first kappa shape index (κ1) is 80.1. The van der Waals surface area contributed by atoms with Crippen LogP contribution in [0.3, 0.4) is 0 Å². The maximum atomic E-state index is 14.6. The molecule has 3 aliphatic heterocycles. The normalized spacial score (nSPS) is 22.5. The van der Waals surface area contributed by atoms with Gasteiger partial charge in [0.2, 0.25) is 23.6 Å². The molecule has 6 fully saturated rings. The minimum absolute atomic E-state index is 0.0144. The molecular formula is C79H105F3N10O10S4. The molecule has 20 nitrogen and oxygen atoms in total. The predicted molar refractivity (Wildman–Crippen MR) is 409 cm³/mol. The van der Waals surface area contributed by atoms with E-state index in [1.54, 1.807) is 52.1 Å². The maximum Gasteiger partial charge on any atom is 0.501 e. The highest BCUT2D eigenvalue weighted by Gasteiger charge is 2.67. The number of thioether (sulfide) groups is 1. The lowest BCUT2D eigenvalue weighted by Gasteiger charge is -2.72. The standard InChI is InChI=1S/C79H105F3N10O10S4/c1-52(54-20-22-55(23-21-54)70-53(2)83-51-104-70)84-73(97)66-42-61(93)46-92(66)74(98)71(75(3,4)5)86-68(94)18-14-11-15-19-69(95)88(9)59-32-36-89(37-33-59)35-31-58(47-103-62-16-12-10-13-17-62)85-65-29-28-63(43-67(65)105(99,100)79(80,81)82)106(101,102)87-72(96)56-24-26-60(27-25-56)91-40-38-90(39-41-91)45-57-30-34-76(6,7)44-64(57)78-48-77(8,49-78)50-78/h10,12-13,16-17,20-29,43,51-52,58-59,61,66,71,85,93H,11,14-15,18-19,30-42,44-50H2,1-9H3,(H,84,97)(H,86,94)(H,87,96)/t52-,58+,61+,66-,71+,77?,78?/m0/s1. The van der Waals surface area contributed by atoms with Crippen LogP contribution in [0, 0.1) is 28.6 Å². The van der Waals surface area contributed by atoms with Crippen molar-refractivity contribution in [2.45, 2.75) is 208 Å². The lowest BCUT2D eigenvalue weighted by Crippen LogP contribution is -2.61. The van der Waals surface area contributed by atoms with Gasteiger partial charge in [-0.3, -0.25) is 28.9 Å². The molecule has 0 unspecified atom stereocenters. The van der Waals surface area contributed by atoms with Gasteiger partial charge in [0.25, 0.3) is 25.8 Å². The predicted octanol–water partition coefficient (Wildman–Crippen LogP) is 12.6. The maximum absolute atomic E-state index is 14.6. The van der Waals surface area contributed by atoms with E-state index in [4.69, 9.17) is 0 Å². The van der Waals surface area contributed by atoms with Gasteiger partial charge in [-0.2, -0.15) is 13.2 Å². The number of sulfone groups is 1. The first-order chi connectivity index (χ1) is 50.0. The number of thiazole rings is 1. The number of sulfonamides is 1. The number of halogens is 3. The second-order valence-corrected chi connectivity index (χ2v) is 38.2. The molecule has 12 rings (SSSR count). The number of nitrogens with zero attached hydrogens (tertiary/aromatic N) is 6. The SMILES string of the molecule is Cc1ncsc1-c1ccc([C@H](C)NC(=O)[C@@H]2C[C@@H](O)CN2C(=O)[C@@H](NC(=O)CCCCCC(=O)N(C)C2CCN(CC[C@H](CSc3ccccc3)Nc3ccc(S(=O)(=O)NC(=O)c4ccc(N5CCN(CC6=C(C78CC(C)(C7)C8)CC(C)(C)CC6)CC5)cc4)cc3S(=O)(=O)C(F)(F)F)CC2)C(C)(C)C)cc1. The number of carbonyl (C=O) groups is 5. The molecular weight excluding hydrogens is 1430 g/mol. The van der Waals surface area contributed by atoms with E-state index in [-0.39, 0.29) is 55.0 Å². The summed E-state index contributed by atoms with van der Waals surface area (Å²) in [6.45, 7) is 22.3. The zero-order valence-corrected chi connectivity index (χ0v) is 65.8. The second kappa shape index (κ2) is 32.7. The van der Waals surface area contributed by atoms with E-state index in [0.717, 1.165) is 83.6 Å². The first-order valence-electron chi connectivity index (χ1n) is 37.3. The third-order valence-corrected chi connectivity index (χ3v) is 27.7. The number of aliphatic hydroxyl groups excluding tert-OH is 1. The Kier molecular flexibility index (Phi) is 24.8. The summed E-state index contributed by atoms with van der Waals surface area (Å²) < 4.78 is 101. The number of carbonyl (C=O) groups excluding carboxylic acids is 5. The molecule has 2 bridgehead atoms. The molecule has 3 saturated heterocycles. The lowest BCUT2D eigenvalue weighted by atomic mass is 9.33. The monoisotopic (exact) mass is 1540 g/mol. The van der Waals surface area contributed by atoms with Gasteiger partial charge in [0.05, 0.1) is 38.8 Å². The highest BCUT2D eigenvalue weighted by atomic mass is 32.2. The molecule has 106 heavy (non-hydrogen) atoms. The van der Waals surface area contributed by atoms with Gasteiger partial charge in [-0.25, -0.2) is 26.5 Å². The van der Waals surface area contributed by atoms with Crippen LogP contribution >= 0.6 is 23.1 Å². The molecule has 5 N–H and O–H groups in total. The number of amides is 5. The van der Waals surface area contributed by atoms with Crippen LogP contribution in [-0.2, 0) is 39.0 Å². The van der Waals surface area contributed by atoms with Crippen molar-refractivity contribution in [1.29, 1.82) is 0 Å². The number of piperidine rings is 1. The van der Waals surface area contributed by atoms with Gasteiger partial charge < -0.3 is 40.7 Å². The molecule has 3 saturated carbocycles. The largest absolute Gasteiger partial charge is 0.501 e. The van der Waals surface area contributed by atoms with Crippen LogP contribution in [0.5, 0.6) is 0 Å². The van der Waals surface area contributed by atoms with Crippen molar-refractivity contribution in [2.75, 3.05) is 81.9 Å². The number of aliphatic hydroxyl groups is 1. The summed E-state index contributed by atoms with van der Waals surface area (Å²) >= 11 is 2.97. The fourth-order valence-corrected chi connectivity index (χ4v) is 20.5. The molecule has 4 aromatic carbocycles. The Hall–Kier alpha value is -6.88. The molecule has 5 aromatic rings. The van der Waals surface area contributed by atoms with Crippen LogP contribution < -0.4 is 25.6 Å². The van der Waals surface area contributed by atoms with E-state index in [1.807, 2.05) is 93.9 Å². The van der Waals surface area contributed by atoms with Crippen LogP contribution in [0.2, 0.25) is 0 Å². The van der Waals surface area contributed by atoms with Gasteiger partial charge in [-0.05, 0) is 172 Å². The van der Waals surface area contributed by atoms with Gasteiger partial charge in [-0.15, -0.1) is 23.1 Å². The number of benzene rings is 4. The van der Waals surface area contributed by atoms with Crippen LogP contribution in [0.4, 0.5) is 24.5 Å². The van der Waals surface area contributed by atoms with Gasteiger partial charge in [0.15, 0.2) is 0 Å². The Morgan fingerprint density at radius 2 is 1.49 bits per heavy atom. The molecule has 0 radical (unpaired) electrons. The van der Waals surface area contributed by atoms with Crippen LogP contribution in [0.1, 0.15) is 172 Å². The Labute approximate surface area is 631 Å². The highest BCUT2D eigenvalue weighted by Crippen LogP contribution is 2.77. The molecule has 4 aliphatic carbocycles. The quantitative estimate of drug-likeness (QED) is 0.0170. The summed E-state index contributed by atoms with van der Waals surface area (Å²) in [4.78, 5) is 83.0. The second-order valence-electron chi connectivity index (χ2n) is 32.7. The number of alkyl halides is 3. The number of rotatable bonds is 29. The molecule has 27 heteroatoms. The molecule has 5 atom stereocenters. The minimum atomic E-state index is -6.17. The number of aromatic nitrogens is 1. The van der Waals surface area contributed by atoms with Crippen LogP contribution in [-0.4, -0.2) is 184 Å². The summed E-state index contributed by atoms with van der Waals surface area (Å²) in [6, 6.07) is 23.0. The molecule has 1 aromatic heterocycles. The molecule has 4 heterocycles. The fourth-order valence-electron chi connectivity index (χ4n) is 16.7. The average Bonchev–Trinajstić information content (AvgIpc) is 0.735. The summed E-state index contributed by atoms with van der Waals surface area (Å²) in [5, 5.41) is 19.8. The van der Waals surface area contributed by atoms with Crippen molar-refractivity contribution < 1.29 is 59.1 Å². The zero-order chi connectivity index (χ0) is 76.3. The number of piperazine rings is 1. The smallest absolute Gasteiger partial charge is 0.391 e. The van der Waals surface area contributed by atoms with Gasteiger partial charge in [-0.1, -0.05) is 102 Å². The van der Waals surface area contributed by atoms with Crippen molar-refractivity contribution in [3.05, 3.63) is 131 Å². The van der Waals surface area contributed by atoms with E-state index in [0.29, 0.717) is 80.5 Å². The summed E-state index contributed by atoms with van der Waals surface area (Å²) in [5.41, 5.74) is 3.10. The highest BCUT2D eigenvalue weighted by molar-refractivity contribution is 7.99. The minimum Gasteiger partial charge on any atom is -0.391 e. The van der Waals surface area contributed by atoms with Gasteiger partial charge in [0, 0.05) is 119 Å². The lowest BCUT2D eigenvalue weighted by molar-refractivity contribution is -0.167. The van der Waals surface area contributed by atoms with Gasteiger partial charge >= 0.3 is 5.51 Å². The number of unbranched alkanes of at least 4 members (excludes halogenated alkanes) is 2. The topological polar surface area (TPSA) is 251 Å². The third-order valence-electron chi connectivity index (χ3n) is 22.7. The van der Waals surface area contributed by atoms with Crippen molar-refractivity contribution in [2.24, 2.45) is 21.7 Å². The van der Waals surface area contributed by atoms with Crippen LogP contribution in [0.15, 0.2) is 128 Å². The fraction of sp³-hybridized carbons (Fsp3) is 0.570.